The van der Waals surface area contributed by atoms with Crippen molar-refractivity contribution in [3.05, 3.63) is 29.3 Å². The molecule has 110 valence electrons. The molecule has 1 fully saturated rings. The number of nitrogens with zero attached hydrogens (tertiary/aromatic N) is 4. The molecule has 1 aliphatic heterocycles. The number of aromatic nitrogens is 2. The Labute approximate surface area is 127 Å². The van der Waals surface area contributed by atoms with Gasteiger partial charge in [-0.3, -0.25) is 4.79 Å². The van der Waals surface area contributed by atoms with Crippen molar-refractivity contribution in [3.63, 3.8) is 0 Å². The molecule has 0 bridgehead atoms. The number of hydrogen-bond donors (Lipinski definition) is 0. The molecule has 2 aromatic rings. The summed E-state index contributed by atoms with van der Waals surface area (Å²) >= 11 is 5.86. The van der Waals surface area contributed by atoms with Crippen LogP contribution in [0.1, 0.15) is 6.92 Å². The lowest BCUT2D eigenvalue weighted by Gasteiger charge is -2.32. The van der Waals surface area contributed by atoms with Gasteiger partial charge in [-0.1, -0.05) is 16.7 Å². The molecule has 0 saturated carbocycles. The zero-order valence-corrected chi connectivity index (χ0v) is 12.4. The van der Waals surface area contributed by atoms with Gasteiger partial charge in [-0.15, -0.1) is 5.10 Å². The molecule has 1 aliphatic rings. The number of carbonyl (C=O) groups excluding carboxylic acids is 1. The first-order valence-electron chi connectivity index (χ1n) is 6.73. The van der Waals surface area contributed by atoms with Crippen LogP contribution in [0.15, 0.2) is 28.7 Å². The maximum atomic E-state index is 11.3. The number of amides is 1. The minimum Gasteiger partial charge on any atom is -0.403 e. The van der Waals surface area contributed by atoms with Gasteiger partial charge in [-0.05, 0) is 24.3 Å². The third kappa shape index (κ3) is 3.00. The van der Waals surface area contributed by atoms with Gasteiger partial charge in [0, 0.05) is 43.7 Å². The largest absolute Gasteiger partial charge is 0.403 e. The van der Waals surface area contributed by atoms with E-state index in [9.17, 15) is 4.79 Å². The van der Waals surface area contributed by atoms with Gasteiger partial charge in [-0.25, -0.2) is 0 Å². The maximum Gasteiger partial charge on any atom is 0.318 e. The summed E-state index contributed by atoms with van der Waals surface area (Å²) in [5, 5.41) is 8.81. The van der Waals surface area contributed by atoms with E-state index in [0.29, 0.717) is 43.1 Å². The Kier molecular flexibility index (Phi) is 3.79. The van der Waals surface area contributed by atoms with Crippen molar-refractivity contribution in [1.82, 2.24) is 15.1 Å². The molecule has 1 amide bonds. The third-order valence-electron chi connectivity index (χ3n) is 3.50. The van der Waals surface area contributed by atoms with Crippen LogP contribution in [-0.2, 0) is 4.79 Å². The third-order valence-corrected chi connectivity index (χ3v) is 3.75. The highest BCUT2D eigenvalue weighted by atomic mass is 35.5. The van der Waals surface area contributed by atoms with E-state index in [1.165, 1.54) is 0 Å². The van der Waals surface area contributed by atoms with Gasteiger partial charge in [0.1, 0.15) is 0 Å². The van der Waals surface area contributed by atoms with Crippen LogP contribution in [-0.4, -0.2) is 47.2 Å². The average molecular weight is 307 g/mol. The van der Waals surface area contributed by atoms with Crippen LogP contribution in [0, 0.1) is 0 Å². The summed E-state index contributed by atoms with van der Waals surface area (Å²) in [7, 11) is 0. The van der Waals surface area contributed by atoms with Crippen molar-refractivity contribution in [1.29, 1.82) is 0 Å². The van der Waals surface area contributed by atoms with Crippen LogP contribution in [0.25, 0.3) is 11.5 Å². The first-order chi connectivity index (χ1) is 10.1. The highest BCUT2D eigenvalue weighted by molar-refractivity contribution is 6.30. The van der Waals surface area contributed by atoms with Crippen molar-refractivity contribution in [2.24, 2.45) is 0 Å². The highest BCUT2D eigenvalue weighted by Gasteiger charge is 2.22. The summed E-state index contributed by atoms with van der Waals surface area (Å²) in [6, 6.07) is 7.74. The maximum absolute atomic E-state index is 11.3. The summed E-state index contributed by atoms with van der Waals surface area (Å²) in [4.78, 5) is 15.1. The fourth-order valence-electron chi connectivity index (χ4n) is 2.27. The lowest BCUT2D eigenvalue weighted by atomic mass is 10.2. The number of hydrogen-bond acceptors (Lipinski definition) is 5. The lowest BCUT2D eigenvalue weighted by Crippen LogP contribution is -2.48. The van der Waals surface area contributed by atoms with Gasteiger partial charge in [-0.2, -0.15) is 0 Å². The van der Waals surface area contributed by atoms with Crippen LogP contribution in [0.3, 0.4) is 0 Å². The molecule has 0 N–H and O–H groups in total. The van der Waals surface area contributed by atoms with E-state index in [1.807, 2.05) is 21.9 Å². The van der Waals surface area contributed by atoms with Crippen molar-refractivity contribution >= 4 is 23.5 Å². The number of halogens is 1. The van der Waals surface area contributed by atoms with Crippen molar-refractivity contribution < 1.29 is 9.21 Å². The van der Waals surface area contributed by atoms with Crippen LogP contribution in [0.2, 0.25) is 5.02 Å². The molecule has 0 atom stereocenters. The molecular formula is C14H15ClN4O2. The minimum atomic E-state index is 0.0991. The zero-order chi connectivity index (χ0) is 14.8. The molecule has 0 spiro atoms. The van der Waals surface area contributed by atoms with Crippen LogP contribution in [0.5, 0.6) is 0 Å². The number of benzene rings is 1. The van der Waals surface area contributed by atoms with Gasteiger partial charge in [0.05, 0.1) is 0 Å². The molecule has 2 heterocycles. The first kappa shape index (κ1) is 13.9. The van der Waals surface area contributed by atoms with Gasteiger partial charge in [0.25, 0.3) is 0 Å². The summed E-state index contributed by atoms with van der Waals surface area (Å²) in [6.07, 6.45) is 0. The predicted molar refractivity (Wildman–Crippen MR) is 79.2 cm³/mol. The van der Waals surface area contributed by atoms with Crippen LogP contribution < -0.4 is 4.90 Å². The van der Waals surface area contributed by atoms with E-state index in [0.717, 1.165) is 5.56 Å². The van der Waals surface area contributed by atoms with Gasteiger partial charge >= 0.3 is 6.01 Å². The molecule has 21 heavy (non-hydrogen) atoms. The molecule has 1 aromatic heterocycles. The second-order valence-corrected chi connectivity index (χ2v) is 5.33. The number of carbonyl (C=O) groups is 1. The molecule has 0 radical (unpaired) electrons. The fourth-order valence-corrected chi connectivity index (χ4v) is 2.39. The van der Waals surface area contributed by atoms with Crippen LogP contribution in [0.4, 0.5) is 6.01 Å². The van der Waals surface area contributed by atoms with E-state index in [1.54, 1.807) is 19.1 Å². The number of anilines is 1. The highest BCUT2D eigenvalue weighted by Crippen LogP contribution is 2.24. The predicted octanol–water partition coefficient (Wildman–Crippen LogP) is 2.06. The normalized spacial score (nSPS) is 15.3. The fraction of sp³-hybridized carbons (Fsp3) is 0.357. The van der Waals surface area contributed by atoms with Gasteiger partial charge < -0.3 is 14.2 Å². The quantitative estimate of drug-likeness (QED) is 0.850. The second kappa shape index (κ2) is 5.73. The Bertz CT molecular complexity index is 633. The Morgan fingerprint density at radius 2 is 1.81 bits per heavy atom. The summed E-state index contributed by atoms with van der Waals surface area (Å²) < 4.78 is 5.70. The Morgan fingerprint density at radius 1 is 1.14 bits per heavy atom. The van der Waals surface area contributed by atoms with Gasteiger partial charge in [0.15, 0.2) is 0 Å². The van der Waals surface area contributed by atoms with E-state index in [4.69, 9.17) is 16.0 Å². The first-order valence-corrected chi connectivity index (χ1v) is 7.11. The molecule has 7 heteroatoms. The minimum absolute atomic E-state index is 0.0991. The Morgan fingerprint density at radius 3 is 2.43 bits per heavy atom. The topological polar surface area (TPSA) is 62.5 Å². The molecular weight excluding hydrogens is 292 g/mol. The second-order valence-electron chi connectivity index (χ2n) is 4.89. The number of rotatable bonds is 2. The SMILES string of the molecule is CC(=O)N1CCN(c2nnc(-c3ccc(Cl)cc3)o2)CC1. The van der Waals surface area contributed by atoms with E-state index in [2.05, 4.69) is 10.2 Å². The van der Waals surface area contributed by atoms with E-state index < -0.39 is 0 Å². The smallest absolute Gasteiger partial charge is 0.318 e. The number of piperazine rings is 1. The molecule has 1 saturated heterocycles. The van der Waals surface area contributed by atoms with E-state index >= 15 is 0 Å². The van der Waals surface area contributed by atoms with Crippen LogP contribution >= 0.6 is 11.6 Å². The average Bonchev–Trinajstić information content (AvgIpc) is 2.98. The Hall–Kier alpha value is -2.08. The molecule has 0 unspecified atom stereocenters. The summed E-state index contributed by atoms with van der Waals surface area (Å²) in [6.45, 7) is 4.33. The monoisotopic (exact) mass is 306 g/mol. The zero-order valence-electron chi connectivity index (χ0n) is 11.6. The van der Waals surface area contributed by atoms with Crippen molar-refractivity contribution in [2.75, 3.05) is 31.1 Å². The molecule has 1 aromatic carbocycles. The Balaban J connectivity index is 1.71. The summed E-state index contributed by atoms with van der Waals surface area (Å²) in [5.74, 6) is 0.567. The van der Waals surface area contributed by atoms with E-state index in [-0.39, 0.29) is 5.91 Å². The van der Waals surface area contributed by atoms with Crippen molar-refractivity contribution in [3.8, 4) is 11.5 Å². The van der Waals surface area contributed by atoms with Crippen molar-refractivity contribution in [2.45, 2.75) is 6.92 Å². The standard InChI is InChI=1S/C14H15ClN4O2/c1-10(20)18-6-8-19(9-7-18)14-17-16-13(21-14)11-2-4-12(15)5-3-11/h2-5H,6-9H2,1H3. The molecule has 0 aliphatic carbocycles. The molecule has 6 nitrogen and oxygen atoms in total. The molecule has 3 rings (SSSR count). The lowest BCUT2D eigenvalue weighted by molar-refractivity contribution is -0.129. The summed E-state index contributed by atoms with van der Waals surface area (Å²) in [5.41, 5.74) is 0.834. The van der Waals surface area contributed by atoms with Gasteiger partial charge in [0.2, 0.25) is 11.8 Å².